The summed E-state index contributed by atoms with van der Waals surface area (Å²) in [4.78, 5) is 21.2. The van der Waals surface area contributed by atoms with E-state index in [1.54, 1.807) is 20.8 Å². The van der Waals surface area contributed by atoms with Crippen molar-refractivity contribution < 1.29 is 18.8 Å². The summed E-state index contributed by atoms with van der Waals surface area (Å²) in [6.45, 7) is 5.20. The number of hydrogen-bond acceptors (Lipinski definition) is 4. The summed E-state index contributed by atoms with van der Waals surface area (Å²) in [5.41, 5.74) is -1.00. The minimum absolute atomic E-state index is 0.149. The summed E-state index contributed by atoms with van der Waals surface area (Å²) < 4.78 is 18.3. The summed E-state index contributed by atoms with van der Waals surface area (Å²) in [5.74, 6) is -1.41. The van der Waals surface area contributed by atoms with Gasteiger partial charge in [0, 0.05) is 11.8 Å². The number of nitrogens with one attached hydrogen (secondary N) is 1. The zero-order valence-corrected chi connectivity index (χ0v) is 10.9. The molecule has 1 N–H and O–H groups in total. The number of carbonyl (C=O) groups excluding carboxylic acids is 1. The average molecular weight is 270 g/mol. The molecule has 0 aliphatic rings. The molecule has 0 radical (unpaired) electrons. The summed E-state index contributed by atoms with van der Waals surface area (Å²) in [6, 6.07) is 3.14. The lowest BCUT2D eigenvalue weighted by Crippen LogP contribution is -2.27. The molecule has 104 valence electrons. The minimum atomic E-state index is -0.950. The van der Waals surface area contributed by atoms with Crippen LogP contribution in [0.5, 0.6) is 0 Å². The topological polar surface area (TPSA) is 81.5 Å². The zero-order chi connectivity index (χ0) is 14.6. The van der Waals surface area contributed by atoms with E-state index in [1.165, 1.54) is 6.07 Å². The van der Waals surface area contributed by atoms with Crippen LogP contribution < -0.4 is 5.32 Å². The van der Waals surface area contributed by atoms with E-state index in [0.29, 0.717) is 0 Å². The van der Waals surface area contributed by atoms with Gasteiger partial charge in [0.15, 0.2) is 0 Å². The van der Waals surface area contributed by atoms with Gasteiger partial charge in [0.1, 0.15) is 6.61 Å². The van der Waals surface area contributed by atoms with Crippen molar-refractivity contribution in [1.82, 2.24) is 0 Å². The maximum atomic E-state index is 13.1. The number of benzene rings is 1. The standard InChI is InChI=1S/C12H15FN2O4/c1-12(2,3)19-7-11(16)14-8-4-5-9(13)10(6-8)15(17)18/h4-6H,7H2,1-3H3,(H,14,16). The van der Waals surface area contributed by atoms with Crippen LogP contribution in [0.25, 0.3) is 0 Å². The van der Waals surface area contributed by atoms with Crippen molar-refractivity contribution in [2.75, 3.05) is 11.9 Å². The molecule has 0 saturated carbocycles. The van der Waals surface area contributed by atoms with E-state index in [0.717, 1.165) is 12.1 Å². The number of rotatable bonds is 4. The van der Waals surface area contributed by atoms with Gasteiger partial charge in [-0.25, -0.2) is 0 Å². The lowest BCUT2D eigenvalue weighted by Gasteiger charge is -2.18. The fourth-order valence-corrected chi connectivity index (χ4v) is 1.21. The molecule has 0 saturated heterocycles. The first-order valence-corrected chi connectivity index (χ1v) is 5.57. The Bertz CT molecular complexity index is 497. The van der Waals surface area contributed by atoms with Crippen molar-refractivity contribution in [3.05, 3.63) is 34.1 Å². The number of anilines is 1. The second kappa shape index (κ2) is 5.75. The summed E-state index contributed by atoms with van der Waals surface area (Å²) >= 11 is 0. The van der Waals surface area contributed by atoms with Crippen LogP contribution in [0.15, 0.2) is 18.2 Å². The molecule has 0 aromatic heterocycles. The number of ether oxygens (including phenoxy) is 1. The third-order valence-electron chi connectivity index (χ3n) is 2.06. The van der Waals surface area contributed by atoms with E-state index in [1.807, 2.05) is 0 Å². The van der Waals surface area contributed by atoms with Gasteiger partial charge < -0.3 is 10.1 Å². The smallest absolute Gasteiger partial charge is 0.306 e. The molecule has 0 fully saturated rings. The van der Waals surface area contributed by atoms with Crippen LogP contribution >= 0.6 is 0 Å². The third kappa shape index (κ3) is 5.01. The van der Waals surface area contributed by atoms with Gasteiger partial charge in [-0.15, -0.1) is 0 Å². The average Bonchev–Trinajstić information content (AvgIpc) is 2.28. The third-order valence-corrected chi connectivity index (χ3v) is 2.06. The van der Waals surface area contributed by atoms with Gasteiger partial charge >= 0.3 is 5.69 Å². The lowest BCUT2D eigenvalue weighted by atomic mass is 10.2. The number of nitro groups is 1. The van der Waals surface area contributed by atoms with Gasteiger partial charge in [-0.3, -0.25) is 14.9 Å². The molecular weight excluding hydrogens is 255 g/mol. The fraction of sp³-hybridized carbons (Fsp3) is 0.417. The molecule has 0 atom stereocenters. The van der Waals surface area contributed by atoms with E-state index in [-0.39, 0.29) is 12.3 Å². The van der Waals surface area contributed by atoms with Crippen molar-refractivity contribution in [2.24, 2.45) is 0 Å². The fourth-order valence-electron chi connectivity index (χ4n) is 1.21. The quantitative estimate of drug-likeness (QED) is 0.673. The molecular formula is C12H15FN2O4. The molecule has 1 aromatic carbocycles. The molecule has 0 spiro atoms. The Balaban J connectivity index is 2.70. The van der Waals surface area contributed by atoms with Crippen LogP contribution in [0.2, 0.25) is 0 Å². The molecule has 0 heterocycles. The van der Waals surface area contributed by atoms with Crippen molar-refractivity contribution >= 4 is 17.3 Å². The van der Waals surface area contributed by atoms with Gasteiger partial charge in [0.2, 0.25) is 11.7 Å². The summed E-state index contributed by atoms with van der Waals surface area (Å²) in [7, 11) is 0. The van der Waals surface area contributed by atoms with Gasteiger partial charge in [-0.05, 0) is 32.9 Å². The van der Waals surface area contributed by atoms with Crippen molar-refractivity contribution in [3.63, 3.8) is 0 Å². The minimum Gasteiger partial charge on any atom is -0.366 e. The predicted octanol–water partition coefficient (Wildman–Crippen LogP) is 2.49. The van der Waals surface area contributed by atoms with Gasteiger partial charge in [0.05, 0.1) is 10.5 Å². The molecule has 1 rings (SSSR count). The highest BCUT2D eigenvalue weighted by atomic mass is 19.1. The number of carbonyl (C=O) groups is 1. The maximum absolute atomic E-state index is 13.1. The molecule has 1 aromatic rings. The van der Waals surface area contributed by atoms with E-state index in [9.17, 15) is 19.3 Å². The van der Waals surface area contributed by atoms with Crippen molar-refractivity contribution in [3.8, 4) is 0 Å². The normalized spacial score (nSPS) is 11.2. The molecule has 1 amide bonds. The Morgan fingerprint density at radius 2 is 2.11 bits per heavy atom. The Labute approximate surface area is 109 Å². The second-order valence-corrected chi connectivity index (χ2v) is 4.87. The highest BCUT2D eigenvalue weighted by Gasteiger charge is 2.16. The van der Waals surface area contributed by atoms with Gasteiger partial charge in [0.25, 0.3) is 0 Å². The first kappa shape index (κ1) is 15.0. The van der Waals surface area contributed by atoms with Crippen LogP contribution in [0.4, 0.5) is 15.8 Å². The van der Waals surface area contributed by atoms with Crippen LogP contribution in [-0.4, -0.2) is 23.0 Å². The molecule has 7 heteroatoms. The molecule has 0 aliphatic heterocycles. The maximum Gasteiger partial charge on any atom is 0.306 e. The van der Waals surface area contributed by atoms with Gasteiger partial charge in [-0.1, -0.05) is 0 Å². The van der Waals surface area contributed by atoms with Crippen molar-refractivity contribution in [2.45, 2.75) is 26.4 Å². The molecule has 0 unspecified atom stereocenters. The van der Waals surface area contributed by atoms with Crippen molar-refractivity contribution in [1.29, 1.82) is 0 Å². The largest absolute Gasteiger partial charge is 0.366 e. The number of nitro benzene ring substituents is 1. The number of amides is 1. The van der Waals surface area contributed by atoms with Crippen LogP contribution in [-0.2, 0) is 9.53 Å². The Hall–Kier alpha value is -2.02. The van der Waals surface area contributed by atoms with E-state index in [2.05, 4.69) is 5.32 Å². The number of nitrogens with zero attached hydrogens (tertiary/aromatic N) is 1. The predicted molar refractivity (Wildman–Crippen MR) is 67.4 cm³/mol. The highest BCUT2D eigenvalue weighted by Crippen LogP contribution is 2.21. The van der Waals surface area contributed by atoms with E-state index in [4.69, 9.17) is 4.74 Å². The summed E-state index contributed by atoms with van der Waals surface area (Å²) in [6.07, 6.45) is 0. The van der Waals surface area contributed by atoms with E-state index >= 15 is 0 Å². The van der Waals surface area contributed by atoms with Crippen LogP contribution in [0.1, 0.15) is 20.8 Å². The zero-order valence-electron chi connectivity index (χ0n) is 10.9. The second-order valence-electron chi connectivity index (χ2n) is 4.87. The molecule has 0 bridgehead atoms. The Morgan fingerprint density at radius 1 is 1.47 bits per heavy atom. The van der Waals surface area contributed by atoms with Crippen LogP contribution in [0, 0.1) is 15.9 Å². The van der Waals surface area contributed by atoms with E-state index < -0.39 is 27.9 Å². The first-order valence-electron chi connectivity index (χ1n) is 5.57. The number of hydrogen-bond donors (Lipinski definition) is 1. The van der Waals surface area contributed by atoms with Crippen LogP contribution in [0.3, 0.4) is 0 Å². The first-order chi connectivity index (χ1) is 8.69. The molecule has 0 aliphatic carbocycles. The summed E-state index contributed by atoms with van der Waals surface area (Å²) in [5, 5.41) is 12.9. The monoisotopic (exact) mass is 270 g/mol. The number of halogens is 1. The molecule has 19 heavy (non-hydrogen) atoms. The Morgan fingerprint density at radius 3 is 2.63 bits per heavy atom. The SMILES string of the molecule is CC(C)(C)OCC(=O)Nc1ccc(F)c([N+](=O)[O-])c1. The molecule has 6 nitrogen and oxygen atoms in total. The van der Waals surface area contributed by atoms with Gasteiger partial charge in [-0.2, -0.15) is 4.39 Å². The lowest BCUT2D eigenvalue weighted by molar-refractivity contribution is -0.387. The Kier molecular flexibility index (Phi) is 4.55. The highest BCUT2D eigenvalue weighted by molar-refractivity contribution is 5.92.